The maximum Gasteiger partial charge on any atom is 0.323 e. The molecule has 138 valence electrons. The lowest BCUT2D eigenvalue weighted by Gasteiger charge is -2.19. The van der Waals surface area contributed by atoms with Gasteiger partial charge in [-0.1, -0.05) is 6.07 Å². The minimum atomic E-state index is -0.933. The number of nitrogens with one attached hydrogen (secondary N) is 1. The summed E-state index contributed by atoms with van der Waals surface area (Å²) in [6, 6.07) is 3.29. The van der Waals surface area contributed by atoms with E-state index in [0.717, 1.165) is 17.0 Å². The van der Waals surface area contributed by atoms with Crippen LogP contribution in [-0.2, 0) is 11.2 Å². The van der Waals surface area contributed by atoms with Gasteiger partial charge in [-0.3, -0.25) is 10.1 Å². The molecule has 1 unspecified atom stereocenters. The molecule has 1 fully saturated rings. The molecule has 0 saturated carbocycles. The molecule has 2 heterocycles. The summed E-state index contributed by atoms with van der Waals surface area (Å²) in [5.74, 6) is -2.73. The normalized spacial score (nSPS) is 19.6. The maximum atomic E-state index is 13.3. The average molecular weight is 381 g/mol. The first-order valence-corrected chi connectivity index (χ1v) is 8.76. The molecule has 0 spiro atoms. The number of hydrogen-bond donors (Lipinski definition) is 2. The Hall–Kier alpha value is -2.55. The second-order valence-corrected chi connectivity index (χ2v) is 7.64. The Morgan fingerprint density at radius 3 is 2.81 bits per heavy atom. The van der Waals surface area contributed by atoms with Crippen molar-refractivity contribution < 1.29 is 23.5 Å². The van der Waals surface area contributed by atoms with Crippen LogP contribution in [0.4, 0.5) is 18.7 Å². The molecule has 3 rings (SSSR count). The second-order valence-electron chi connectivity index (χ2n) is 6.52. The molecule has 9 heteroatoms. The van der Waals surface area contributed by atoms with Gasteiger partial charge < -0.3 is 10.0 Å². The van der Waals surface area contributed by atoms with Crippen LogP contribution in [0, 0.1) is 17.0 Å². The molecule has 0 bridgehead atoms. The number of hydrogen-bond acceptors (Lipinski definition) is 4. The molecule has 1 atom stereocenters. The fraction of sp³-hybridized carbons (Fsp3) is 0.353. The van der Waals surface area contributed by atoms with E-state index >= 15 is 0 Å². The highest BCUT2D eigenvalue weighted by atomic mass is 32.1. The number of anilines is 1. The molecular formula is C17H17F2N3O3S. The smallest absolute Gasteiger partial charge is 0.323 e. The molecule has 2 aromatic rings. The number of carboxylic acids is 1. The zero-order chi connectivity index (χ0) is 18.9. The predicted molar refractivity (Wildman–Crippen MR) is 92.2 cm³/mol. The molecule has 1 aromatic carbocycles. The van der Waals surface area contributed by atoms with E-state index < -0.39 is 29.0 Å². The Kier molecular flexibility index (Phi) is 4.90. The predicted octanol–water partition coefficient (Wildman–Crippen LogP) is 3.34. The van der Waals surface area contributed by atoms with Gasteiger partial charge in [0.2, 0.25) is 0 Å². The van der Waals surface area contributed by atoms with Gasteiger partial charge in [0.05, 0.1) is 5.41 Å². The Bertz CT molecular complexity index is 858. The van der Waals surface area contributed by atoms with Crippen LogP contribution >= 0.6 is 11.3 Å². The molecule has 1 aromatic heterocycles. The van der Waals surface area contributed by atoms with Gasteiger partial charge in [-0.15, -0.1) is 11.3 Å². The van der Waals surface area contributed by atoms with Crippen LogP contribution in [0.3, 0.4) is 0 Å². The number of aliphatic carboxylic acids is 1. The fourth-order valence-corrected chi connectivity index (χ4v) is 3.61. The van der Waals surface area contributed by atoms with E-state index in [0.29, 0.717) is 30.1 Å². The summed E-state index contributed by atoms with van der Waals surface area (Å²) in [5.41, 5.74) is -0.333. The summed E-state index contributed by atoms with van der Waals surface area (Å²) < 4.78 is 26.2. The van der Waals surface area contributed by atoms with Crippen LogP contribution in [0.25, 0.3) is 0 Å². The van der Waals surface area contributed by atoms with Crippen molar-refractivity contribution in [3.05, 3.63) is 46.5 Å². The van der Waals surface area contributed by atoms with Gasteiger partial charge in [0.15, 0.2) is 16.8 Å². The SMILES string of the molecule is CC1(C(=O)O)CCN(C(=O)Nc2ncc(Cc3ccc(F)c(F)c3)s2)C1. The molecule has 2 amide bonds. The van der Waals surface area contributed by atoms with Gasteiger partial charge in [-0.05, 0) is 31.0 Å². The summed E-state index contributed by atoms with van der Waals surface area (Å²) in [6.07, 6.45) is 2.33. The standard InChI is InChI=1S/C17H17F2N3O3S/c1-17(14(23)24)4-5-22(9-17)16(25)21-15-20-8-11(26-15)6-10-2-3-12(18)13(19)7-10/h2-3,7-8H,4-6,9H2,1H3,(H,23,24)(H,20,21,25). The molecule has 6 nitrogen and oxygen atoms in total. The summed E-state index contributed by atoms with van der Waals surface area (Å²) in [5, 5.41) is 12.2. The van der Waals surface area contributed by atoms with Gasteiger partial charge in [0, 0.05) is 30.6 Å². The highest BCUT2D eigenvalue weighted by Crippen LogP contribution is 2.31. The fourth-order valence-electron chi connectivity index (χ4n) is 2.78. The monoisotopic (exact) mass is 381 g/mol. The van der Waals surface area contributed by atoms with Crippen LogP contribution in [-0.4, -0.2) is 40.1 Å². The number of benzene rings is 1. The van der Waals surface area contributed by atoms with E-state index in [-0.39, 0.29) is 6.54 Å². The first-order valence-electron chi connectivity index (χ1n) is 7.95. The molecular weight excluding hydrogens is 364 g/mol. The van der Waals surface area contributed by atoms with Crippen LogP contribution in [0.1, 0.15) is 23.8 Å². The van der Waals surface area contributed by atoms with Gasteiger partial charge in [-0.2, -0.15) is 0 Å². The molecule has 0 radical (unpaired) electrons. The van der Waals surface area contributed by atoms with Gasteiger partial charge in [-0.25, -0.2) is 18.6 Å². The number of urea groups is 1. The molecule has 26 heavy (non-hydrogen) atoms. The lowest BCUT2D eigenvalue weighted by atomic mass is 9.90. The number of carboxylic acid groups (broad SMARTS) is 1. The van der Waals surface area contributed by atoms with E-state index in [4.69, 9.17) is 0 Å². The Morgan fingerprint density at radius 1 is 1.38 bits per heavy atom. The number of amides is 2. The number of thiazole rings is 1. The van der Waals surface area contributed by atoms with E-state index in [1.54, 1.807) is 13.1 Å². The molecule has 1 aliphatic heterocycles. The van der Waals surface area contributed by atoms with Crippen LogP contribution in [0.5, 0.6) is 0 Å². The molecule has 0 aliphatic carbocycles. The summed E-state index contributed by atoms with van der Waals surface area (Å²) in [4.78, 5) is 29.9. The van der Waals surface area contributed by atoms with E-state index in [1.165, 1.54) is 22.3 Å². The highest BCUT2D eigenvalue weighted by molar-refractivity contribution is 7.15. The van der Waals surface area contributed by atoms with Gasteiger partial charge in [0.25, 0.3) is 0 Å². The average Bonchev–Trinajstić information content (AvgIpc) is 3.19. The van der Waals surface area contributed by atoms with Crippen molar-refractivity contribution in [2.75, 3.05) is 18.4 Å². The molecule has 1 saturated heterocycles. The first-order chi connectivity index (χ1) is 12.3. The third kappa shape index (κ3) is 3.82. The van der Waals surface area contributed by atoms with Crippen molar-refractivity contribution in [2.24, 2.45) is 5.41 Å². The third-order valence-corrected chi connectivity index (χ3v) is 5.32. The number of nitrogens with zero attached hydrogens (tertiary/aromatic N) is 2. The Balaban J connectivity index is 1.61. The topological polar surface area (TPSA) is 82.5 Å². The van der Waals surface area contributed by atoms with Crippen molar-refractivity contribution in [1.82, 2.24) is 9.88 Å². The lowest BCUT2D eigenvalue weighted by Crippen LogP contribution is -2.37. The van der Waals surface area contributed by atoms with Crippen LogP contribution in [0.15, 0.2) is 24.4 Å². The number of aromatic nitrogens is 1. The summed E-state index contributed by atoms with van der Waals surface area (Å²) in [6.45, 7) is 2.12. The number of halogens is 2. The largest absolute Gasteiger partial charge is 0.481 e. The minimum Gasteiger partial charge on any atom is -0.481 e. The van der Waals surface area contributed by atoms with Crippen molar-refractivity contribution in [2.45, 2.75) is 19.8 Å². The lowest BCUT2D eigenvalue weighted by molar-refractivity contribution is -0.146. The van der Waals surface area contributed by atoms with Crippen molar-refractivity contribution in [3.8, 4) is 0 Å². The zero-order valence-electron chi connectivity index (χ0n) is 14.0. The maximum absolute atomic E-state index is 13.3. The van der Waals surface area contributed by atoms with E-state index in [1.807, 2.05) is 0 Å². The zero-order valence-corrected chi connectivity index (χ0v) is 14.8. The van der Waals surface area contributed by atoms with Gasteiger partial charge >= 0.3 is 12.0 Å². The minimum absolute atomic E-state index is 0.140. The first kappa shape index (κ1) is 18.2. The van der Waals surface area contributed by atoms with Crippen LogP contribution in [0.2, 0.25) is 0 Å². The Labute approximate surface area is 152 Å². The van der Waals surface area contributed by atoms with Crippen LogP contribution < -0.4 is 5.32 Å². The third-order valence-electron chi connectivity index (χ3n) is 4.41. The van der Waals surface area contributed by atoms with Crippen molar-refractivity contribution in [3.63, 3.8) is 0 Å². The number of carbonyl (C=O) groups is 2. The molecule has 2 N–H and O–H groups in total. The number of likely N-dealkylation sites (tertiary alicyclic amines) is 1. The summed E-state index contributed by atoms with van der Waals surface area (Å²) >= 11 is 1.23. The summed E-state index contributed by atoms with van der Waals surface area (Å²) in [7, 11) is 0. The van der Waals surface area contributed by atoms with E-state index in [9.17, 15) is 23.5 Å². The van der Waals surface area contributed by atoms with Crippen molar-refractivity contribution >= 4 is 28.5 Å². The number of carbonyl (C=O) groups excluding carboxylic acids is 1. The second kappa shape index (κ2) is 6.99. The quantitative estimate of drug-likeness (QED) is 0.851. The molecule has 1 aliphatic rings. The van der Waals surface area contributed by atoms with Crippen molar-refractivity contribution in [1.29, 1.82) is 0 Å². The highest BCUT2D eigenvalue weighted by Gasteiger charge is 2.42. The van der Waals surface area contributed by atoms with E-state index in [2.05, 4.69) is 10.3 Å². The Morgan fingerprint density at radius 2 is 2.15 bits per heavy atom. The number of rotatable bonds is 4. The van der Waals surface area contributed by atoms with Gasteiger partial charge in [0.1, 0.15) is 0 Å².